The predicted octanol–water partition coefficient (Wildman–Crippen LogP) is 3.18. The van der Waals surface area contributed by atoms with Crippen molar-refractivity contribution in [1.82, 2.24) is 0 Å². The molecule has 84 valence electrons. The first-order valence-corrected chi connectivity index (χ1v) is 5.83. The summed E-state index contributed by atoms with van der Waals surface area (Å²) in [7, 11) is 1.51. The van der Waals surface area contributed by atoms with Gasteiger partial charge in [-0.15, -0.1) is 0 Å². The molecule has 0 unspecified atom stereocenters. The third-order valence-corrected chi connectivity index (χ3v) is 3.17. The van der Waals surface area contributed by atoms with E-state index in [0.717, 1.165) is 15.5 Å². The van der Waals surface area contributed by atoms with Crippen molar-refractivity contribution in [2.45, 2.75) is 0 Å². The van der Waals surface area contributed by atoms with Crippen molar-refractivity contribution in [3.8, 4) is 6.07 Å². The van der Waals surface area contributed by atoms with Crippen LogP contribution in [0.3, 0.4) is 0 Å². The molecule has 4 heteroatoms. The van der Waals surface area contributed by atoms with Crippen LogP contribution in [0, 0.1) is 11.3 Å². The molecule has 0 bridgehead atoms. The molecule has 0 atom stereocenters. The van der Waals surface area contributed by atoms with Gasteiger partial charge in [-0.2, -0.15) is 5.26 Å². The molecule has 3 nitrogen and oxygen atoms in total. The van der Waals surface area contributed by atoms with Crippen LogP contribution in [-0.4, -0.2) is 12.2 Å². The maximum absolute atomic E-state index is 9.23. The lowest BCUT2D eigenvalue weighted by atomic mass is 10.1. The summed E-state index contributed by atoms with van der Waals surface area (Å²) in [5.74, 6) is 0. The van der Waals surface area contributed by atoms with Crippen LogP contribution in [0.15, 0.2) is 52.5 Å². The zero-order valence-corrected chi connectivity index (χ0v) is 10.1. The van der Waals surface area contributed by atoms with Crippen molar-refractivity contribution in [2.24, 2.45) is 5.16 Å². The highest BCUT2D eigenvalue weighted by Gasteiger charge is 2.15. The van der Waals surface area contributed by atoms with E-state index in [0.29, 0.717) is 5.57 Å². The quantitative estimate of drug-likeness (QED) is 0.591. The zero-order chi connectivity index (χ0) is 12.1. The summed E-state index contributed by atoms with van der Waals surface area (Å²) in [6.07, 6.45) is 3.72. The molecule has 0 radical (unpaired) electrons. The van der Waals surface area contributed by atoms with Gasteiger partial charge in [-0.3, -0.25) is 0 Å². The summed E-state index contributed by atoms with van der Waals surface area (Å²) in [6, 6.07) is 11.8. The Kier molecular flexibility index (Phi) is 3.63. The van der Waals surface area contributed by atoms with Crippen LogP contribution < -0.4 is 0 Å². The van der Waals surface area contributed by atoms with E-state index in [9.17, 15) is 5.26 Å². The number of rotatable bonds is 2. The number of benzene rings is 1. The Balaban J connectivity index is 2.36. The van der Waals surface area contributed by atoms with Crippen LogP contribution >= 0.6 is 11.8 Å². The van der Waals surface area contributed by atoms with Gasteiger partial charge in [-0.1, -0.05) is 47.2 Å². The molecule has 0 aromatic heterocycles. The largest absolute Gasteiger partial charge is 0.398 e. The molecule has 0 aliphatic carbocycles. The van der Waals surface area contributed by atoms with E-state index < -0.39 is 0 Å². The second-order valence-corrected chi connectivity index (χ2v) is 4.33. The molecule has 0 fully saturated rings. The first-order chi connectivity index (χ1) is 8.35. The van der Waals surface area contributed by atoms with Crippen molar-refractivity contribution < 1.29 is 4.84 Å². The zero-order valence-electron chi connectivity index (χ0n) is 9.25. The standard InChI is InChI=1S/C13H10N2OS/c1-16-15-13-8-7-12(17-13)11(9-14)10-5-3-2-4-6-10/h2-8H,1H3. The average molecular weight is 242 g/mol. The number of nitriles is 1. The maximum atomic E-state index is 9.23. The summed E-state index contributed by atoms with van der Waals surface area (Å²) < 4.78 is 0. The summed E-state index contributed by atoms with van der Waals surface area (Å²) in [5, 5.41) is 13.8. The van der Waals surface area contributed by atoms with Gasteiger partial charge in [0.2, 0.25) is 0 Å². The SMILES string of the molecule is CON=C1C=CC(=C(C#N)c2ccccc2)S1. The molecule has 0 saturated heterocycles. The van der Waals surface area contributed by atoms with E-state index in [-0.39, 0.29) is 0 Å². The van der Waals surface area contributed by atoms with E-state index >= 15 is 0 Å². The normalized spacial score (nSPS) is 19.2. The van der Waals surface area contributed by atoms with Crippen molar-refractivity contribution in [3.05, 3.63) is 53.0 Å². The van der Waals surface area contributed by atoms with Crippen LogP contribution in [0.2, 0.25) is 0 Å². The molecule has 0 amide bonds. The van der Waals surface area contributed by atoms with Gasteiger partial charge in [-0.05, 0) is 17.7 Å². The second-order valence-electron chi connectivity index (χ2n) is 3.26. The molecule has 0 N–H and O–H groups in total. The van der Waals surface area contributed by atoms with Gasteiger partial charge in [-0.25, -0.2) is 0 Å². The highest BCUT2D eigenvalue weighted by atomic mass is 32.2. The lowest BCUT2D eigenvalue weighted by Crippen LogP contribution is -1.85. The predicted molar refractivity (Wildman–Crippen MR) is 70.2 cm³/mol. The van der Waals surface area contributed by atoms with Crippen molar-refractivity contribution in [1.29, 1.82) is 5.26 Å². The monoisotopic (exact) mass is 242 g/mol. The summed E-state index contributed by atoms with van der Waals surface area (Å²) in [4.78, 5) is 5.60. The van der Waals surface area contributed by atoms with Gasteiger partial charge < -0.3 is 4.84 Å². The van der Waals surface area contributed by atoms with Crippen molar-refractivity contribution in [2.75, 3.05) is 7.11 Å². The highest BCUT2D eigenvalue weighted by Crippen LogP contribution is 2.33. The molecule has 0 spiro atoms. The first kappa shape index (κ1) is 11.5. The van der Waals surface area contributed by atoms with Gasteiger partial charge in [0.1, 0.15) is 18.2 Å². The Labute approximate surface area is 104 Å². The van der Waals surface area contributed by atoms with Gasteiger partial charge in [0.05, 0.1) is 5.57 Å². The summed E-state index contributed by atoms with van der Waals surface area (Å²) in [5.41, 5.74) is 1.58. The van der Waals surface area contributed by atoms with E-state index in [2.05, 4.69) is 11.2 Å². The average Bonchev–Trinajstić information content (AvgIpc) is 2.81. The second kappa shape index (κ2) is 5.37. The first-order valence-electron chi connectivity index (χ1n) is 5.02. The Bertz CT molecular complexity index is 538. The van der Waals surface area contributed by atoms with Gasteiger partial charge in [0, 0.05) is 4.91 Å². The Morgan fingerprint density at radius 2 is 2.06 bits per heavy atom. The van der Waals surface area contributed by atoms with E-state index in [4.69, 9.17) is 4.84 Å². The Morgan fingerprint density at radius 1 is 1.29 bits per heavy atom. The molecular formula is C13H10N2OS. The van der Waals surface area contributed by atoms with Crippen LogP contribution in [0.1, 0.15) is 5.56 Å². The van der Waals surface area contributed by atoms with Crippen LogP contribution in [-0.2, 0) is 4.84 Å². The number of allylic oxidation sites excluding steroid dienone is 2. The highest BCUT2D eigenvalue weighted by molar-refractivity contribution is 8.18. The topological polar surface area (TPSA) is 45.4 Å². The molecule has 1 heterocycles. The van der Waals surface area contributed by atoms with Crippen molar-refractivity contribution in [3.63, 3.8) is 0 Å². The Hall–Kier alpha value is -1.99. The molecule has 1 aromatic rings. The fraction of sp³-hybridized carbons (Fsp3) is 0.0769. The molecule has 2 rings (SSSR count). The minimum atomic E-state index is 0.660. The number of nitrogens with zero attached hydrogens (tertiary/aromatic N) is 2. The maximum Gasteiger partial charge on any atom is 0.140 e. The van der Waals surface area contributed by atoms with E-state index in [1.165, 1.54) is 18.9 Å². The molecule has 1 aliphatic rings. The smallest absolute Gasteiger partial charge is 0.140 e. The molecule has 1 aromatic carbocycles. The molecule has 1 aliphatic heterocycles. The fourth-order valence-corrected chi connectivity index (χ4v) is 2.34. The fourth-order valence-electron chi connectivity index (χ4n) is 1.47. The van der Waals surface area contributed by atoms with Crippen LogP contribution in [0.5, 0.6) is 0 Å². The van der Waals surface area contributed by atoms with E-state index in [1.54, 1.807) is 0 Å². The summed E-state index contributed by atoms with van der Waals surface area (Å²) in [6.45, 7) is 0. The number of thioether (sulfide) groups is 1. The number of hydrogen-bond acceptors (Lipinski definition) is 4. The molecule has 17 heavy (non-hydrogen) atoms. The molecule has 0 saturated carbocycles. The van der Waals surface area contributed by atoms with Gasteiger partial charge in [0.15, 0.2) is 0 Å². The van der Waals surface area contributed by atoms with Crippen molar-refractivity contribution >= 4 is 22.4 Å². The van der Waals surface area contributed by atoms with Crippen LogP contribution in [0.25, 0.3) is 5.57 Å². The third-order valence-electron chi connectivity index (χ3n) is 2.19. The minimum absolute atomic E-state index is 0.660. The lowest BCUT2D eigenvalue weighted by molar-refractivity contribution is 0.215. The van der Waals surface area contributed by atoms with E-state index in [1.807, 2.05) is 42.5 Å². The number of hydrogen-bond donors (Lipinski definition) is 0. The minimum Gasteiger partial charge on any atom is -0.398 e. The lowest BCUT2D eigenvalue weighted by Gasteiger charge is -2.01. The Morgan fingerprint density at radius 3 is 2.71 bits per heavy atom. The van der Waals surface area contributed by atoms with Gasteiger partial charge >= 0.3 is 0 Å². The third kappa shape index (κ3) is 2.58. The summed E-state index contributed by atoms with van der Waals surface area (Å²) >= 11 is 1.43. The van der Waals surface area contributed by atoms with Crippen LogP contribution in [0.4, 0.5) is 0 Å². The molecular weight excluding hydrogens is 232 g/mol. The van der Waals surface area contributed by atoms with Gasteiger partial charge in [0.25, 0.3) is 0 Å². The number of oxime groups is 1.